The van der Waals surface area contributed by atoms with Crippen molar-refractivity contribution in [2.24, 2.45) is 0 Å². The fourth-order valence-corrected chi connectivity index (χ4v) is 8.58. The molecule has 2 amide bonds. The molecule has 21 heteroatoms. The highest BCUT2D eigenvalue weighted by atomic mass is 32.2. The Labute approximate surface area is 310 Å². The van der Waals surface area contributed by atoms with E-state index in [1.807, 2.05) is 0 Å². The third-order valence-corrected chi connectivity index (χ3v) is 11.5. The molecule has 296 valence electrons. The van der Waals surface area contributed by atoms with Crippen LogP contribution in [0.3, 0.4) is 0 Å². The lowest BCUT2D eigenvalue weighted by atomic mass is 10.2. The van der Waals surface area contributed by atoms with E-state index in [2.05, 4.69) is 5.32 Å². The number of hydrogen-bond acceptors (Lipinski definition) is 14. The van der Waals surface area contributed by atoms with Crippen LogP contribution in [0.15, 0.2) is 52.3 Å². The number of aryl methyl sites for hydroxylation is 1. The van der Waals surface area contributed by atoms with Crippen LogP contribution in [-0.4, -0.2) is 114 Å². The van der Waals surface area contributed by atoms with Crippen LogP contribution >= 0.6 is 0 Å². The van der Waals surface area contributed by atoms with Crippen LogP contribution in [0.25, 0.3) is 0 Å². The summed E-state index contributed by atoms with van der Waals surface area (Å²) in [5, 5.41) is 10.8. The van der Waals surface area contributed by atoms with Crippen LogP contribution in [0.2, 0.25) is 0 Å². The van der Waals surface area contributed by atoms with E-state index in [0.717, 1.165) is 27.0 Å². The van der Waals surface area contributed by atoms with Gasteiger partial charge >= 0.3 is 22.3 Å². The van der Waals surface area contributed by atoms with E-state index in [4.69, 9.17) is 28.6 Å². The minimum Gasteiger partial charge on any atom is -0.493 e. The minimum absolute atomic E-state index is 0.0156. The summed E-state index contributed by atoms with van der Waals surface area (Å²) in [5.41, 5.74) is -1.26. The first kappa shape index (κ1) is 43.4. The zero-order chi connectivity index (χ0) is 40.0. The second-order valence-corrected chi connectivity index (χ2v) is 19.2. The van der Waals surface area contributed by atoms with Crippen LogP contribution in [0.4, 0.5) is 9.59 Å². The van der Waals surface area contributed by atoms with Crippen LogP contribution in [-0.2, 0) is 44.5 Å². The van der Waals surface area contributed by atoms with Gasteiger partial charge in [-0.1, -0.05) is 12.1 Å². The lowest BCUT2D eigenvalue weighted by Crippen LogP contribution is -2.50. The van der Waals surface area contributed by atoms with Crippen molar-refractivity contribution in [3.63, 3.8) is 0 Å². The summed E-state index contributed by atoms with van der Waals surface area (Å²) in [4.78, 5) is 29.2. The summed E-state index contributed by atoms with van der Waals surface area (Å²) >= 11 is 0. The number of guanidine groups is 1. The average molecular weight is 806 g/mol. The molecule has 1 aliphatic rings. The standard InChI is InChI=1S/C32H47N5O13S3/c1-23-20-24(46-18-11-19-47-37(30(39)49-32(5,6)7)28(33)34-29(38)48-31(2,3)4)22-25(21-23)50-53(44,45)27-13-10-9-12-26(27)52(42,43)36-16-14-35(15-17-36)51(8,40)41/h9-10,12-13,20-22H,11,14-19H2,1-8H3,(H2,33,34,38). The van der Waals surface area contributed by atoms with Gasteiger partial charge in [-0.2, -0.15) is 17.0 Å². The molecule has 0 saturated carbocycles. The molecule has 0 unspecified atom stereocenters. The zero-order valence-corrected chi connectivity index (χ0v) is 33.3. The van der Waals surface area contributed by atoms with Crippen LogP contribution in [0.5, 0.6) is 11.5 Å². The van der Waals surface area contributed by atoms with Gasteiger partial charge in [0.05, 0.1) is 19.5 Å². The van der Waals surface area contributed by atoms with Crippen molar-refractivity contribution in [1.29, 1.82) is 5.41 Å². The summed E-state index contributed by atoms with van der Waals surface area (Å²) in [7, 11) is -12.6. The summed E-state index contributed by atoms with van der Waals surface area (Å²) in [5.74, 6) is -0.717. The van der Waals surface area contributed by atoms with Crippen LogP contribution in [0.1, 0.15) is 53.5 Å². The van der Waals surface area contributed by atoms with Crippen LogP contribution in [0, 0.1) is 12.3 Å². The van der Waals surface area contributed by atoms with Crippen molar-refractivity contribution in [3.8, 4) is 11.5 Å². The molecule has 0 aliphatic carbocycles. The van der Waals surface area contributed by atoms with Gasteiger partial charge in [0.25, 0.3) is 0 Å². The number of hydroxylamine groups is 2. The van der Waals surface area contributed by atoms with E-state index in [-0.39, 0.29) is 57.3 Å². The van der Waals surface area contributed by atoms with Gasteiger partial charge in [0, 0.05) is 38.7 Å². The van der Waals surface area contributed by atoms with E-state index in [1.165, 1.54) is 24.3 Å². The Kier molecular flexibility index (Phi) is 13.9. The number of nitrogens with one attached hydrogen (secondary N) is 2. The lowest BCUT2D eigenvalue weighted by molar-refractivity contribution is -0.104. The first-order valence-electron chi connectivity index (χ1n) is 16.3. The fourth-order valence-electron chi connectivity index (χ4n) is 4.64. The lowest BCUT2D eigenvalue weighted by Gasteiger charge is -2.32. The van der Waals surface area contributed by atoms with E-state index in [1.54, 1.807) is 54.5 Å². The highest BCUT2D eigenvalue weighted by Gasteiger charge is 2.36. The number of hydrogen-bond donors (Lipinski definition) is 2. The number of sulfonamides is 2. The first-order chi connectivity index (χ1) is 24.3. The predicted octanol–water partition coefficient (Wildman–Crippen LogP) is 3.43. The molecule has 1 heterocycles. The molecule has 53 heavy (non-hydrogen) atoms. The monoisotopic (exact) mass is 805 g/mol. The third-order valence-electron chi connectivity index (χ3n) is 6.79. The van der Waals surface area contributed by atoms with Gasteiger partial charge in [0.2, 0.25) is 26.0 Å². The van der Waals surface area contributed by atoms with Crippen molar-refractivity contribution >= 4 is 48.3 Å². The Hall–Kier alpha value is -4.02. The number of ether oxygens (including phenoxy) is 3. The van der Waals surface area contributed by atoms with Gasteiger partial charge in [-0.15, -0.1) is 5.06 Å². The normalized spacial score (nSPS) is 14.9. The molecule has 2 aromatic carbocycles. The molecule has 0 aromatic heterocycles. The Bertz CT molecular complexity index is 1980. The smallest absolute Gasteiger partial charge is 0.442 e. The largest absolute Gasteiger partial charge is 0.493 e. The molecule has 2 N–H and O–H groups in total. The van der Waals surface area contributed by atoms with E-state index >= 15 is 0 Å². The molecule has 0 spiro atoms. The highest BCUT2D eigenvalue weighted by molar-refractivity contribution is 7.91. The van der Waals surface area contributed by atoms with E-state index in [0.29, 0.717) is 10.6 Å². The number of carbonyl (C=O) groups excluding carboxylic acids is 2. The molecular weight excluding hydrogens is 759 g/mol. The molecule has 1 fully saturated rings. The number of rotatable bonds is 12. The number of alkyl carbamates (subject to hydrolysis) is 1. The molecule has 1 aliphatic heterocycles. The first-order valence-corrected chi connectivity index (χ1v) is 21.0. The van der Waals surface area contributed by atoms with Crippen molar-refractivity contribution in [3.05, 3.63) is 48.0 Å². The molecule has 1 saturated heterocycles. The van der Waals surface area contributed by atoms with Gasteiger partial charge < -0.3 is 18.4 Å². The summed E-state index contributed by atoms with van der Waals surface area (Å²) in [6.07, 6.45) is -0.883. The molecule has 18 nitrogen and oxygen atoms in total. The molecule has 0 radical (unpaired) electrons. The maximum Gasteiger partial charge on any atom is 0.442 e. The number of piperazine rings is 1. The Balaban J connectivity index is 1.68. The summed E-state index contributed by atoms with van der Waals surface area (Å²) < 4.78 is 102. The summed E-state index contributed by atoms with van der Waals surface area (Å²) in [6.45, 7) is 10.7. The zero-order valence-electron chi connectivity index (χ0n) is 30.9. The predicted molar refractivity (Wildman–Crippen MR) is 192 cm³/mol. The molecular formula is C32H47N5O13S3. The van der Waals surface area contributed by atoms with Crippen molar-refractivity contribution in [2.45, 2.75) is 75.9 Å². The second kappa shape index (κ2) is 17.0. The summed E-state index contributed by atoms with van der Waals surface area (Å²) in [6, 6.07) is 9.27. The SMILES string of the molecule is Cc1cc(OCCCON(C(=N)NC(=O)OC(C)(C)C)C(=O)OC(C)(C)C)cc(OS(=O)(=O)c2ccccc2S(=O)(=O)N2CCN(S(C)(=O)=O)CC2)c1. The molecule has 0 atom stereocenters. The number of amides is 2. The molecule has 2 aromatic rings. The quantitative estimate of drug-likeness (QED) is 0.103. The average Bonchev–Trinajstić information content (AvgIpc) is 3.00. The van der Waals surface area contributed by atoms with Gasteiger partial charge in [0.1, 0.15) is 32.5 Å². The van der Waals surface area contributed by atoms with Crippen molar-refractivity contribution < 1.29 is 58.1 Å². The molecule has 0 bridgehead atoms. The van der Waals surface area contributed by atoms with Crippen LogP contribution < -0.4 is 14.2 Å². The maximum absolute atomic E-state index is 13.6. The number of carbonyl (C=O) groups is 2. The Morgan fingerprint density at radius 3 is 1.92 bits per heavy atom. The number of nitrogens with zero attached hydrogens (tertiary/aromatic N) is 3. The van der Waals surface area contributed by atoms with Gasteiger partial charge in [0.15, 0.2) is 0 Å². The van der Waals surface area contributed by atoms with Crippen molar-refractivity contribution in [1.82, 2.24) is 19.0 Å². The van der Waals surface area contributed by atoms with Gasteiger partial charge in [-0.05, 0) is 78.3 Å². The Morgan fingerprint density at radius 2 is 1.36 bits per heavy atom. The maximum atomic E-state index is 13.6. The third kappa shape index (κ3) is 13.1. The fraction of sp³-hybridized carbons (Fsp3) is 0.531. The van der Waals surface area contributed by atoms with E-state index in [9.17, 15) is 34.8 Å². The second-order valence-electron chi connectivity index (χ2n) is 13.8. The van der Waals surface area contributed by atoms with E-state index < -0.39 is 69.3 Å². The highest BCUT2D eigenvalue weighted by Crippen LogP contribution is 2.30. The number of benzene rings is 2. The van der Waals surface area contributed by atoms with Crippen molar-refractivity contribution in [2.75, 3.05) is 45.6 Å². The van der Waals surface area contributed by atoms with Gasteiger partial charge in [-0.3, -0.25) is 15.6 Å². The minimum atomic E-state index is -4.72. The topological polar surface area (TPSA) is 228 Å². The Morgan fingerprint density at radius 1 is 0.811 bits per heavy atom. The molecule has 3 rings (SSSR count). The van der Waals surface area contributed by atoms with Gasteiger partial charge in [-0.25, -0.2) is 26.4 Å².